The zero-order chi connectivity index (χ0) is 20.1. The number of rotatable bonds is 7. The van der Waals surface area contributed by atoms with E-state index in [2.05, 4.69) is 4.99 Å². The number of thiophene rings is 1. The van der Waals surface area contributed by atoms with Crippen molar-refractivity contribution < 1.29 is 14.5 Å². The normalized spacial score (nSPS) is 12.3. The Hall–Kier alpha value is -2.33. The monoisotopic (exact) mass is 437 g/mol. The fourth-order valence-electron chi connectivity index (χ4n) is 2.49. The average molecular weight is 438 g/mol. The summed E-state index contributed by atoms with van der Waals surface area (Å²) in [4.78, 5) is 27.9. The molecule has 1 amide bonds. The number of nitro groups is 1. The lowest BCUT2D eigenvalue weighted by molar-refractivity contribution is -0.380. The standard InChI is InChI=1S/C18H16ClN3O4S2/c1-2-26-11-10-21-17-13(19)4-3-5-14(17)28-18(21)20-15(23)8-6-12-7-9-16(27-12)22(24)25/h3-9H,2,10-11H2,1H3/b8-6+,20-18?. The number of benzene rings is 1. The number of thiazole rings is 1. The highest BCUT2D eigenvalue weighted by Crippen LogP contribution is 2.26. The van der Waals surface area contributed by atoms with Gasteiger partial charge in [-0.05, 0) is 31.2 Å². The zero-order valence-corrected chi connectivity index (χ0v) is 17.2. The van der Waals surface area contributed by atoms with Crippen LogP contribution in [0.1, 0.15) is 11.8 Å². The molecule has 0 bridgehead atoms. The molecule has 28 heavy (non-hydrogen) atoms. The summed E-state index contributed by atoms with van der Waals surface area (Å²) in [5, 5.41) is 11.3. The molecule has 2 aromatic heterocycles. The van der Waals surface area contributed by atoms with E-state index >= 15 is 0 Å². The number of carbonyl (C=O) groups excluding carboxylic acids is 1. The molecule has 0 radical (unpaired) electrons. The third-order valence-corrected chi connectivity index (χ3v) is 6.05. The van der Waals surface area contributed by atoms with Crippen molar-refractivity contribution in [2.75, 3.05) is 13.2 Å². The number of ether oxygens (including phenoxy) is 1. The molecule has 0 spiro atoms. The summed E-state index contributed by atoms with van der Waals surface area (Å²) in [6, 6.07) is 8.56. The highest BCUT2D eigenvalue weighted by molar-refractivity contribution is 7.16. The average Bonchev–Trinajstić information content (AvgIpc) is 3.26. The van der Waals surface area contributed by atoms with E-state index in [1.165, 1.54) is 29.6 Å². The number of aromatic nitrogens is 1. The Bertz CT molecular complexity index is 1110. The third kappa shape index (κ3) is 4.74. The summed E-state index contributed by atoms with van der Waals surface area (Å²) in [5.74, 6) is -0.455. The molecule has 0 saturated carbocycles. The van der Waals surface area contributed by atoms with Crippen LogP contribution in [0.5, 0.6) is 0 Å². The molecule has 0 fully saturated rings. The van der Waals surface area contributed by atoms with Crippen molar-refractivity contribution in [1.29, 1.82) is 0 Å². The molecular formula is C18H16ClN3O4S2. The molecule has 146 valence electrons. The molecule has 0 aliphatic carbocycles. The molecule has 0 unspecified atom stereocenters. The van der Waals surface area contributed by atoms with Gasteiger partial charge in [0.2, 0.25) is 0 Å². The molecule has 0 aliphatic rings. The van der Waals surface area contributed by atoms with Crippen LogP contribution in [0, 0.1) is 10.1 Å². The second-order valence-electron chi connectivity index (χ2n) is 5.54. The second-order valence-corrected chi connectivity index (χ2v) is 8.05. The van der Waals surface area contributed by atoms with Gasteiger partial charge in [-0.2, -0.15) is 4.99 Å². The first-order chi connectivity index (χ1) is 13.5. The fraction of sp³-hybridized carbons (Fsp3) is 0.222. The Morgan fingerprint density at radius 2 is 2.18 bits per heavy atom. The van der Waals surface area contributed by atoms with Gasteiger partial charge in [-0.15, -0.1) is 0 Å². The summed E-state index contributed by atoms with van der Waals surface area (Å²) < 4.78 is 8.23. The van der Waals surface area contributed by atoms with E-state index in [-0.39, 0.29) is 5.00 Å². The van der Waals surface area contributed by atoms with Gasteiger partial charge in [0.25, 0.3) is 5.91 Å². The van der Waals surface area contributed by atoms with Crippen molar-refractivity contribution in [2.45, 2.75) is 13.5 Å². The van der Waals surface area contributed by atoms with Gasteiger partial charge in [0, 0.05) is 30.2 Å². The van der Waals surface area contributed by atoms with Crippen LogP contribution in [0.25, 0.3) is 16.3 Å². The summed E-state index contributed by atoms with van der Waals surface area (Å²) in [6.07, 6.45) is 2.82. The molecule has 2 heterocycles. The minimum atomic E-state index is -0.462. The molecule has 7 nitrogen and oxygen atoms in total. The van der Waals surface area contributed by atoms with Gasteiger partial charge in [0.15, 0.2) is 4.80 Å². The van der Waals surface area contributed by atoms with Crippen molar-refractivity contribution >= 4 is 61.5 Å². The highest BCUT2D eigenvalue weighted by Gasteiger charge is 2.11. The Morgan fingerprint density at radius 1 is 1.36 bits per heavy atom. The Labute approximate surface area is 173 Å². The van der Waals surface area contributed by atoms with Gasteiger partial charge in [-0.1, -0.05) is 40.3 Å². The summed E-state index contributed by atoms with van der Waals surface area (Å²) >= 11 is 8.71. The minimum absolute atomic E-state index is 0.0250. The Balaban J connectivity index is 1.91. The number of halogens is 1. The molecule has 10 heteroatoms. The van der Waals surface area contributed by atoms with E-state index in [4.69, 9.17) is 16.3 Å². The summed E-state index contributed by atoms with van der Waals surface area (Å²) in [6.45, 7) is 3.50. The van der Waals surface area contributed by atoms with E-state index in [1.807, 2.05) is 23.6 Å². The van der Waals surface area contributed by atoms with E-state index < -0.39 is 10.8 Å². The number of fused-ring (bicyclic) bond motifs is 1. The topological polar surface area (TPSA) is 86.7 Å². The number of amides is 1. The van der Waals surface area contributed by atoms with Crippen LogP contribution in [0.2, 0.25) is 5.02 Å². The molecule has 3 rings (SSSR count). The van der Waals surface area contributed by atoms with Crippen LogP contribution in [-0.4, -0.2) is 28.6 Å². The highest BCUT2D eigenvalue weighted by atomic mass is 35.5. The SMILES string of the molecule is CCOCCn1c(=NC(=O)/C=C/c2ccc([N+](=O)[O-])s2)sc2cccc(Cl)c21. The van der Waals surface area contributed by atoms with Crippen LogP contribution < -0.4 is 4.80 Å². The van der Waals surface area contributed by atoms with Crippen LogP contribution in [0.15, 0.2) is 41.4 Å². The molecule has 1 aromatic carbocycles. The van der Waals surface area contributed by atoms with Crippen LogP contribution in [0.4, 0.5) is 5.00 Å². The van der Waals surface area contributed by atoms with Crippen LogP contribution >= 0.6 is 34.3 Å². The lowest BCUT2D eigenvalue weighted by Crippen LogP contribution is -2.19. The van der Waals surface area contributed by atoms with E-state index in [9.17, 15) is 14.9 Å². The molecule has 0 N–H and O–H groups in total. The first-order valence-corrected chi connectivity index (χ1v) is 10.4. The van der Waals surface area contributed by atoms with Crippen LogP contribution in [0.3, 0.4) is 0 Å². The number of nitrogens with zero attached hydrogens (tertiary/aromatic N) is 3. The van der Waals surface area contributed by atoms with E-state index in [0.29, 0.717) is 34.5 Å². The van der Waals surface area contributed by atoms with Crippen molar-refractivity contribution in [2.24, 2.45) is 4.99 Å². The third-order valence-electron chi connectivity index (χ3n) is 3.70. The lowest BCUT2D eigenvalue weighted by atomic mass is 10.3. The van der Waals surface area contributed by atoms with Crippen molar-refractivity contribution in [1.82, 2.24) is 4.57 Å². The number of hydrogen-bond donors (Lipinski definition) is 0. The van der Waals surface area contributed by atoms with Crippen LogP contribution in [-0.2, 0) is 16.1 Å². The van der Waals surface area contributed by atoms with E-state index in [1.54, 1.807) is 12.1 Å². The number of hydrogen-bond acceptors (Lipinski definition) is 6. The smallest absolute Gasteiger partial charge is 0.324 e. The minimum Gasteiger partial charge on any atom is -0.380 e. The van der Waals surface area contributed by atoms with Gasteiger partial charge >= 0.3 is 5.00 Å². The van der Waals surface area contributed by atoms with Gasteiger partial charge < -0.3 is 9.30 Å². The largest absolute Gasteiger partial charge is 0.380 e. The molecule has 0 saturated heterocycles. The van der Waals surface area contributed by atoms with Gasteiger partial charge in [0.05, 0.1) is 26.8 Å². The first kappa shape index (κ1) is 20.4. The summed E-state index contributed by atoms with van der Waals surface area (Å²) in [5.41, 5.74) is 0.818. The molecule has 0 atom stereocenters. The lowest BCUT2D eigenvalue weighted by Gasteiger charge is -2.06. The quantitative estimate of drug-likeness (QED) is 0.235. The zero-order valence-electron chi connectivity index (χ0n) is 14.8. The predicted octanol–water partition coefficient (Wildman–Crippen LogP) is 4.50. The van der Waals surface area contributed by atoms with Crippen molar-refractivity contribution in [3.63, 3.8) is 0 Å². The van der Waals surface area contributed by atoms with E-state index in [0.717, 1.165) is 21.6 Å². The predicted molar refractivity (Wildman–Crippen MR) is 112 cm³/mol. The maximum absolute atomic E-state index is 12.3. The molecule has 0 aliphatic heterocycles. The van der Waals surface area contributed by atoms with Crippen molar-refractivity contribution in [3.8, 4) is 0 Å². The fourth-order valence-corrected chi connectivity index (χ4v) is 4.64. The second kappa shape index (κ2) is 9.24. The van der Waals surface area contributed by atoms with Gasteiger partial charge in [-0.25, -0.2) is 0 Å². The maximum Gasteiger partial charge on any atom is 0.324 e. The number of para-hydroxylation sites is 1. The maximum atomic E-state index is 12.3. The number of carbonyl (C=O) groups is 1. The van der Waals surface area contributed by atoms with Gasteiger partial charge in [-0.3, -0.25) is 14.9 Å². The molecular weight excluding hydrogens is 422 g/mol. The van der Waals surface area contributed by atoms with Crippen molar-refractivity contribution in [3.05, 3.63) is 61.2 Å². The van der Waals surface area contributed by atoms with Gasteiger partial charge in [0.1, 0.15) is 0 Å². The molecule has 3 aromatic rings. The Morgan fingerprint density at radius 3 is 2.89 bits per heavy atom. The first-order valence-electron chi connectivity index (χ1n) is 8.36. The Kier molecular flexibility index (Phi) is 6.74. The summed E-state index contributed by atoms with van der Waals surface area (Å²) in [7, 11) is 0.